The molecule has 0 bridgehead atoms. The SMILES string of the molecule is CCOc1ccc(CCC(=O)N2CCC(CC(=O)N[C@@H](Cc3ccc(C#N)cc3)C(=O)OC)CC2)cc1. The number of nitrogens with zero attached hydrogens (tertiary/aromatic N) is 2. The minimum absolute atomic E-state index is 0.130. The smallest absolute Gasteiger partial charge is 0.328 e. The van der Waals surface area contributed by atoms with E-state index < -0.39 is 12.0 Å². The maximum absolute atomic E-state index is 12.7. The molecule has 1 fully saturated rings. The van der Waals surface area contributed by atoms with Gasteiger partial charge in [0.05, 0.1) is 25.3 Å². The second kappa shape index (κ2) is 14.0. The first-order chi connectivity index (χ1) is 17.9. The van der Waals surface area contributed by atoms with E-state index in [0.29, 0.717) is 44.5 Å². The lowest BCUT2D eigenvalue weighted by atomic mass is 9.92. The Bertz CT molecular complexity index is 1080. The predicted molar refractivity (Wildman–Crippen MR) is 139 cm³/mol. The number of nitriles is 1. The quantitative estimate of drug-likeness (QED) is 0.469. The third kappa shape index (κ3) is 8.64. The standard InChI is InChI=1S/C29H35N3O5/c1-3-37-25-11-8-21(9-12-25)10-13-28(34)32-16-14-23(15-17-32)19-27(33)31-26(29(35)36-2)18-22-4-6-24(20-30)7-5-22/h4-9,11-12,23,26H,3,10,13-19H2,1-2H3,(H,31,33)/t26-/m0/s1. The van der Waals surface area contributed by atoms with Crippen molar-refractivity contribution in [3.63, 3.8) is 0 Å². The van der Waals surface area contributed by atoms with Crippen molar-refractivity contribution in [2.24, 2.45) is 5.92 Å². The fourth-order valence-corrected chi connectivity index (χ4v) is 4.52. The molecule has 0 unspecified atom stereocenters. The van der Waals surface area contributed by atoms with Gasteiger partial charge in [-0.2, -0.15) is 5.26 Å². The molecular formula is C29H35N3O5. The van der Waals surface area contributed by atoms with Gasteiger partial charge in [-0.05, 0) is 67.5 Å². The number of carbonyl (C=O) groups is 3. The van der Waals surface area contributed by atoms with Crippen molar-refractivity contribution in [2.45, 2.75) is 51.5 Å². The zero-order valence-electron chi connectivity index (χ0n) is 21.6. The largest absolute Gasteiger partial charge is 0.494 e. The molecule has 1 aliphatic heterocycles. The average Bonchev–Trinajstić information content (AvgIpc) is 2.92. The van der Waals surface area contributed by atoms with E-state index in [-0.39, 0.29) is 24.2 Å². The number of ether oxygens (including phenoxy) is 2. The molecule has 3 rings (SSSR count). The van der Waals surface area contributed by atoms with Gasteiger partial charge in [-0.1, -0.05) is 24.3 Å². The maximum atomic E-state index is 12.7. The van der Waals surface area contributed by atoms with Gasteiger partial charge in [0, 0.05) is 32.4 Å². The summed E-state index contributed by atoms with van der Waals surface area (Å²) in [6.07, 6.45) is 3.22. The second-order valence-corrected chi connectivity index (χ2v) is 9.26. The monoisotopic (exact) mass is 505 g/mol. The molecule has 0 radical (unpaired) electrons. The zero-order valence-corrected chi connectivity index (χ0v) is 21.6. The number of piperidine rings is 1. The summed E-state index contributed by atoms with van der Waals surface area (Å²) in [5.74, 6) is 0.402. The highest BCUT2D eigenvalue weighted by Gasteiger charge is 2.27. The lowest BCUT2D eigenvalue weighted by Gasteiger charge is -2.32. The minimum atomic E-state index is -0.797. The Balaban J connectivity index is 1.42. The van der Waals surface area contributed by atoms with Crippen LogP contribution in [0.2, 0.25) is 0 Å². The number of rotatable bonds is 11. The number of methoxy groups -OCH3 is 1. The van der Waals surface area contributed by atoms with Gasteiger partial charge in [0.15, 0.2) is 0 Å². The Labute approximate surface area is 218 Å². The van der Waals surface area contributed by atoms with Crippen molar-refractivity contribution in [1.29, 1.82) is 5.26 Å². The summed E-state index contributed by atoms with van der Waals surface area (Å²) in [7, 11) is 1.29. The van der Waals surface area contributed by atoms with Gasteiger partial charge in [0.1, 0.15) is 11.8 Å². The molecule has 8 heteroatoms. The lowest BCUT2D eigenvalue weighted by Crippen LogP contribution is -2.44. The third-order valence-corrected chi connectivity index (χ3v) is 6.65. The van der Waals surface area contributed by atoms with Gasteiger partial charge >= 0.3 is 5.97 Å². The van der Waals surface area contributed by atoms with Crippen LogP contribution in [-0.2, 0) is 32.0 Å². The molecule has 0 aliphatic carbocycles. The number of esters is 1. The number of hydrogen-bond acceptors (Lipinski definition) is 6. The van der Waals surface area contributed by atoms with Crippen LogP contribution < -0.4 is 10.1 Å². The van der Waals surface area contributed by atoms with E-state index in [0.717, 1.165) is 29.7 Å². The zero-order chi connectivity index (χ0) is 26.6. The molecule has 1 heterocycles. The topological polar surface area (TPSA) is 109 Å². The van der Waals surface area contributed by atoms with Crippen molar-refractivity contribution >= 4 is 17.8 Å². The molecule has 1 aliphatic rings. The van der Waals surface area contributed by atoms with Crippen LogP contribution in [0.3, 0.4) is 0 Å². The van der Waals surface area contributed by atoms with Crippen molar-refractivity contribution in [1.82, 2.24) is 10.2 Å². The van der Waals surface area contributed by atoms with Crippen LogP contribution in [-0.4, -0.2) is 55.5 Å². The Kier molecular flexibility index (Phi) is 10.5. The molecule has 0 aromatic heterocycles. The van der Waals surface area contributed by atoms with Crippen LogP contribution >= 0.6 is 0 Å². The summed E-state index contributed by atoms with van der Waals surface area (Å²) >= 11 is 0. The fourth-order valence-electron chi connectivity index (χ4n) is 4.52. The van der Waals surface area contributed by atoms with Crippen LogP contribution in [0.25, 0.3) is 0 Å². The minimum Gasteiger partial charge on any atom is -0.494 e. The first-order valence-electron chi connectivity index (χ1n) is 12.8. The summed E-state index contributed by atoms with van der Waals surface area (Å²) in [5.41, 5.74) is 2.46. The molecule has 196 valence electrons. The summed E-state index contributed by atoms with van der Waals surface area (Å²) in [6, 6.07) is 16.0. The first kappa shape index (κ1) is 27.7. The van der Waals surface area contributed by atoms with E-state index in [1.165, 1.54) is 7.11 Å². The van der Waals surface area contributed by atoms with Crippen LogP contribution in [0.15, 0.2) is 48.5 Å². The van der Waals surface area contributed by atoms with Crippen LogP contribution in [0.5, 0.6) is 5.75 Å². The Morgan fingerprint density at radius 2 is 1.70 bits per heavy atom. The molecule has 1 saturated heterocycles. The van der Waals surface area contributed by atoms with Gasteiger partial charge in [-0.15, -0.1) is 0 Å². The lowest BCUT2D eigenvalue weighted by molar-refractivity contribution is -0.145. The van der Waals surface area contributed by atoms with E-state index in [1.54, 1.807) is 24.3 Å². The van der Waals surface area contributed by atoms with Crippen LogP contribution in [0, 0.1) is 17.2 Å². The van der Waals surface area contributed by atoms with E-state index in [9.17, 15) is 14.4 Å². The predicted octanol–water partition coefficient (Wildman–Crippen LogP) is 3.42. The first-order valence-corrected chi connectivity index (χ1v) is 12.8. The van der Waals surface area contributed by atoms with E-state index in [1.807, 2.05) is 36.1 Å². The number of aryl methyl sites for hydroxylation is 1. The normalized spacial score (nSPS) is 14.4. The van der Waals surface area contributed by atoms with Crippen LogP contribution in [0.4, 0.5) is 0 Å². The number of nitrogens with one attached hydrogen (secondary N) is 1. The molecule has 37 heavy (non-hydrogen) atoms. The van der Waals surface area contributed by atoms with Gasteiger partial charge in [-0.25, -0.2) is 4.79 Å². The highest BCUT2D eigenvalue weighted by molar-refractivity contribution is 5.84. The van der Waals surface area contributed by atoms with Crippen molar-refractivity contribution in [3.8, 4) is 11.8 Å². The van der Waals surface area contributed by atoms with Crippen molar-refractivity contribution in [3.05, 3.63) is 65.2 Å². The molecule has 8 nitrogen and oxygen atoms in total. The number of carbonyl (C=O) groups excluding carboxylic acids is 3. The maximum Gasteiger partial charge on any atom is 0.328 e. The summed E-state index contributed by atoms with van der Waals surface area (Å²) in [6.45, 7) is 3.83. The van der Waals surface area contributed by atoms with E-state index in [2.05, 4.69) is 11.4 Å². The highest BCUT2D eigenvalue weighted by Crippen LogP contribution is 2.22. The van der Waals surface area contributed by atoms with Crippen LogP contribution in [0.1, 0.15) is 49.3 Å². The van der Waals surface area contributed by atoms with Crippen molar-refractivity contribution in [2.75, 3.05) is 26.8 Å². The number of amides is 2. The number of hydrogen-bond donors (Lipinski definition) is 1. The molecule has 2 aromatic carbocycles. The number of likely N-dealkylation sites (tertiary alicyclic amines) is 1. The summed E-state index contributed by atoms with van der Waals surface area (Å²) in [5, 5.41) is 11.8. The molecule has 1 N–H and O–H groups in total. The highest BCUT2D eigenvalue weighted by atomic mass is 16.5. The second-order valence-electron chi connectivity index (χ2n) is 9.26. The molecular weight excluding hydrogens is 470 g/mol. The molecule has 1 atom stereocenters. The molecule has 2 amide bonds. The Hall–Kier alpha value is -3.86. The van der Waals surface area contributed by atoms with Gasteiger partial charge in [0.2, 0.25) is 11.8 Å². The third-order valence-electron chi connectivity index (χ3n) is 6.65. The van der Waals surface area contributed by atoms with Gasteiger partial charge in [0.25, 0.3) is 0 Å². The summed E-state index contributed by atoms with van der Waals surface area (Å²) < 4.78 is 10.3. The molecule has 2 aromatic rings. The van der Waals surface area contributed by atoms with E-state index >= 15 is 0 Å². The Morgan fingerprint density at radius 1 is 1.05 bits per heavy atom. The fraction of sp³-hybridized carbons (Fsp3) is 0.448. The van der Waals surface area contributed by atoms with E-state index in [4.69, 9.17) is 14.7 Å². The summed E-state index contributed by atoms with van der Waals surface area (Å²) in [4.78, 5) is 39.5. The average molecular weight is 506 g/mol. The molecule has 0 spiro atoms. The van der Waals surface area contributed by atoms with Gasteiger partial charge < -0.3 is 19.7 Å². The van der Waals surface area contributed by atoms with Crippen molar-refractivity contribution < 1.29 is 23.9 Å². The van der Waals surface area contributed by atoms with Gasteiger partial charge in [-0.3, -0.25) is 9.59 Å². The number of benzene rings is 2. The Morgan fingerprint density at radius 3 is 2.30 bits per heavy atom. The molecule has 0 saturated carbocycles.